The Balaban J connectivity index is 1.52. The first-order valence-electron chi connectivity index (χ1n) is 9.03. The summed E-state index contributed by atoms with van der Waals surface area (Å²) >= 11 is 0. The van der Waals surface area contributed by atoms with E-state index >= 15 is 0 Å². The van der Waals surface area contributed by atoms with E-state index in [1.54, 1.807) is 0 Å². The number of hydrogen-bond donors (Lipinski definition) is 2. The van der Waals surface area contributed by atoms with Crippen molar-refractivity contribution in [1.82, 2.24) is 20.1 Å². The number of aliphatic carboxylic acids is 1. The number of carbonyl (C=O) groups is 1. The lowest BCUT2D eigenvalue weighted by atomic mass is 9.85. The van der Waals surface area contributed by atoms with E-state index in [2.05, 4.69) is 39.2 Å². The maximum atomic E-state index is 11.1. The first kappa shape index (κ1) is 17.1. The average molecular weight is 333 g/mol. The molecule has 0 aliphatic heterocycles. The summed E-state index contributed by atoms with van der Waals surface area (Å²) in [6, 6.07) is 0.664. The van der Waals surface area contributed by atoms with Gasteiger partial charge in [-0.15, -0.1) is 5.10 Å². The smallest absolute Gasteiger partial charge is 0.317 e. The maximum absolute atomic E-state index is 11.1. The van der Waals surface area contributed by atoms with E-state index in [-0.39, 0.29) is 6.54 Å². The quantitative estimate of drug-likeness (QED) is 0.711. The Labute approximate surface area is 142 Å². The van der Waals surface area contributed by atoms with Crippen molar-refractivity contribution in [3.63, 3.8) is 0 Å². The molecule has 1 aromatic heterocycles. The zero-order valence-electron chi connectivity index (χ0n) is 14.5. The van der Waals surface area contributed by atoms with Crippen molar-refractivity contribution < 1.29 is 9.90 Å². The Morgan fingerprint density at radius 1 is 1.21 bits per heavy atom. The van der Waals surface area contributed by atoms with Gasteiger partial charge >= 0.3 is 5.97 Å². The number of aromatic nitrogens is 3. The highest BCUT2D eigenvalue weighted by molar-refractivity contribution is 5.69. The lowest BCUT2D eigenvalue weighted by Gasteiger charge is -2.42. The molecular weight excluding hydrogens is 306 g/mol. The van der Waals surface area contributed by atoms with Gasteiger partial charge in [-0.2, -0.15) is 5.10 Å². The lowest BCUT2D eigenvalue weighted by Crippen LogP contribution is -2.52. The monoisotopic (exact) mass is 333 g/mol. The fourth-order valence-corrected chi connectivity index (χ4v) is 3.33. The second-order valence-electron chi connectivity index (χ2n) is 6.97. The van der Waals surface area contributed by atoms with Crippen LogP contribution in [0.25, 0.3) is 0 Å². The van der Waals surface area contributed by atoms with Gasteiger partial charge in [0.15, 0.2) is 0 Å². The Morgan fingerprint density at radius 2 is 1.92 bits per heavy atom. The van der Waals surface area contributed by atoms with E-state index in [0.717, 1.165) is 43.6 Å². The predicted octanol–water partition coefficient (Wildman–Crippen LogP) is 1.74. The van der Waals surface area contributed by atoms with Crippen molar-refractivity contribution in [1.29, 1.82) is 0 Å². The van der Waals surface area contributed by atoms with Crippen molar-refractivity contribution >= 4 is 11.9 Å². The van der Waals surface area contributed by atoms with Crippen LogP contribution >= 0.6 is 0 Å². The van der Waals surface area contributed by atoms with Crippen molar-refractivity contribution in [3.05, 3.63) is 11.4 Å². The van der Waals surface area contributed by atoms with E-state index in [9.17, 15) is 4.79 Å². The minimum absolute atomic E-state index is 0.150. The van der Waals surface area contributed by atoms with Crippen LogP contribution < -0.4 is 5.32 Å². The third-order valence-electron chi connectivity index (χ3n) is 5.00. The Morgan fingerprint density at radius 3 is 2.50 bits per heavy atom. The standard InChI is InChI=1S/C17H27N5O2/c1-3-14-15(4-2)20-21-17(19-14)18-12-7-13(8-12)22(10-16(23)24)9-11-5-6-11/h11-13H,3-10H2,1-2H3,(H,23,24)(H,18,19,21). The minimum Gasteiger partial charge on any atom is -0.480 e. The molecule has 1 heterocycles. The lowest BCUT2D eigenvalue weighted by molar-refractivity contribution is -0.139. The summed E-state index contributed by atoms with van der Waals surface area (Å²) in [6.45, 7) is 5.21. The van der Waals surface area contributed by atoms with Crippen molar-refractivity contribution in [2.24, 2.45) is 5.92 Å². The van der Waals surface area contributed by atoms with Gasteiger partial charge in [-0.3, -0.25) is 9.69 Å². The van der Waals surface area contributed by atoms with Gasteiger partial charge in [0.05, 0.1) is 17.9 Å². The van der Waals surface area contributed by atoms with E-state index in [4.69, 9.17) is 5.11 Å². The van der Waals surface area contributed by atoms with Gasteiger partial charge in [0.2, 0.25) is 5.95 Å². The van der Waals surface area contributed by atoms with E-state index in [1.807, 2.05) is 0 Å². The molecule has 2 aliphatic carbocycles. The van der Waals surface area contributed by atoms with Crippen LogP contribution in [0.4, 0.5) is 5.95 Å². The predicted molar refractivity (Wildman–Crippen MR) is 90.9 cm³/mol. The highest BCUT2D eigenvalue weighted by Crippen LogP contribution is 2.34. The molecule has 0 unspecified atom stereocenters. The topological polar surface area (TPSA) is 91.2 Å². The van der Waals surface area contributed by atoms with E-state index in [1.165, 1.54) is 12.8 Å². The number of hydrogen-bond acceptors (Lipinski definition) is 6. The van der Waals surface area contributed by atoms with Crippen molar-refractivity contribution in [3.8, 4) is 0 Å². The Bertz CT molecular complexity index is 584. The summed E-state index contributed by atoms with van der Waals surface area (Å²) in [6.07, 6.45) is 6.08. The molecule has 3 rings (SSSR count). The van der Waals surface area contributed by atoms with E-state index < -0.39 is 5.97 Å². The molecule has 0 aromatic carbocycles. The SMILES string of the molecule is CCc1nnc(NC2CC(N(CC(=O)O)CC3CC3)C2)nc1CC. The van der Waals surface area contributed by atoms with Crippen LogP contribution in [0, 0.1) is 5.92 Å². The minimum atomic E-state index is -0.734. The number of anilines is 1. The molecular formula is C17H27N5O2. The first-order valence-corrected chi connectivity index (χ1v) is 9.03. The highest BCUT2D eigenvalue weighted by atomic mass is 16.4. The van der Waals surface area contributed by atoms with Crippen LogP contribution in [-0.4, -0.2) is 56.3 Å². The number of nitrogens with one attached hydrogen (secondary N) is 1. The summed E-state index contributed by atoms with van der Waals surface area (Å²) < 4.78 is 0. The summed E-state index contributed by atoms with van der Waals surface area (Å²) in [7, 11) is 0. The second-order valence-corrected chi connectivity index (χ2v) is 6.97. The zero-order chi connectivity index (χ0) is 17.1. The third kappa shape index (κ3) is 4.20. The first-order chi connectivity index (χ1) is 11.6. The molecule has 0 saturated heterocycles. The van der Waals surface area contributed by atoms with Gasteiger partial charge < -0.3 is 10.4 Å². The number of aryl methyl sites for hydroxylation is 2. The molecule has 24 heavy (non-hydrogen) atoms. The van der Waals surface area contributed by atoms with Gasteiger partial charge in [-0.1, -0.05) is 13.8 Å². The highest BCUT2D eigenvalue weighted by Gasteiger charge is 2.37. The molecule has 7 heteroatoms. The van der Waals surface area contributed by atoms with Crippen molar-refractivity contribution in [2.45, 2.75) is 64.5 Å². The zero-order valence-corrected chi connectivity index (χ0v) is 14.5. The van der Waals surface area contributed by atoms with E-state index in [0.29, 0.717) is 23.9 Å². The molecule has 0 bridgehead atoms. The summed E-state index contributed by atoms with van der Waals surface area (Å²) in [5, 5.41) is 20.9. The van der Waals surface area contributed by atoms with Crippen molar-refractivity contribution in [2.75, 3.05) is 18.4 Å². The second kappa shape index (κ2) is 7.42. The van der Waals surface area contributed by atoms with Crippen LogP contribution in [-0.2, 0) is 17.6 Å². The van der Waals surface area contributed by atoms with Gasteiger partial charge in [-0.25, -0.2) is 4.98 Å². The summed E-state index contributed by atoms with van der Waals surface area (Å²) in [4.78, 5) is 17.8. The van der Waals surface area contributed by atoms with Gasteiger partial charge in [0.25, 0.3) is 0 Å². The number of nitrogens with zero attached hydrogens (tertiary/aromatic N) is 4. The molecule has 0 atom stereocenters. The van der Waals surface area contributed by atoms with Crippen LogP contribution in [0.5, 0.6) is 0 Å². The fraction of sp³-hybridized carbons (Fsp3) is 0.765. The average Bonchev–Trinajstić information content (AvgIpc) is 3.33. The van der Waals surface area contributed by atoms with Crippen LogP contribution in [0.3, 0.4) is 0 Å². The molecule has 0 amide bonds. The molecule has 0 spiro atoms. The molecule has 2 aliphatic rings. The molecule has 2 fully saturated rings. The molecule has 1 aromatic rings. The summed E-state index contributed by atoms with van der Waals surface area (Å²) in [5.74, 6) is 0.569. The molecule has 7 nitrogen and oxygen atoms in total. The fourth-order valence-electron chi connectivity index (χ4n) is 3.33. The molecule has 2 saturated carbocycles. The summed E-state index contributed by atoms with van der Waals surface area (Å²) in [5.41, 5.74) is 1.97. The van der Waals surface area contributed by atoms with Gasteiger partial charge in [0, 0.05) is 18.6 Å². The maximum Gasteiger partial charge on any atom is 0.317 e. The number of carboxylic acid groups (broad SMARTS) is 1. The third-order valence-corrected chi connectivity index (χ3v) is 5.00. The number of rotatable bonds is 9. The Hall–Kier alpha value is -1.76. The molecule has 0 radical (unpaired) electrons. The normalized spacial score (nSPS) is 23.1. The van der Waals surface area contributed by atoms with Crippen LogP contribution in [0.15, 0.2) is 0 Å². The van der Waals surface area contributed by atoms with Gasteiger partial charge in [0.1, 0.15) is 0 Å². The molecule has 132 valence electrons. The largest absolute Gasteiger partial charge is 0.480 e. The Kier molecular flexibility index (Phi) is 5.28. The number of carboxylic acids is 1. The van der Waals surface area contributed by atoms with Gasteiger partial charge in [-0.05, 0) is 44.4 Å². The van der Waals surface area contributed by atoms with Crippen LogP contribution in [0.1, 0.15) is 50.9 Å². The van der Waals surface area contributed by atoms with Crippen LogP contribution in [0.2, 0.25) is 0 Å². The molecule has 2 N–H and O–H groups in total.